The molecule has 7 nitrogen and oxygen atoms in total. The van der Waals surface area contributed by atoms with E-state index in [1.165, 1.54) is 4.90 Å². The lowest BCUT2D eigenvalue weighted by Crippen LogP contribution is -2.54. The second-order valence-electron chi connectivity index (χ2n) is 8.50. The average Bonchev–Trinajstić information content (AvgIpc) is 3.33. The van der Waals surface area contributed by atoms with E-state index in [9.17, 15) is 14.4 Å². The van der Waals surface area contributed by atoms with E-state index >= 15 is 0 Å². The lowest BCUT2D eigenvalue weighted by Gasteiger charge is -2.28. The van der Waals surface area contributed by atoms with E-state index in [1.54, 1.807) is 13.8 Å². The molecule has 0 unspecified atom stereocenters. The second-order valence-corrected chi connectivity index (χ2v) is 8.50. The quantitative estimate of drug-likeness (QED) is 0.560. The molecule has 7 heteroatoms. The summed E-state index contributed by atoms with van der Waals surface area (Å²) in [4.78, 5) is 40.0. The molecule has 33 heavy (non-hydrogen) atoms. The molecule has 2 aromatic carbocycles. The number of benzene rings is 2. The van der Waals surface area contributed by atoms with Gasteiger partial charge in [0, 0.05) is 12.5 Å². The monoisotopic (exact) mass is 452 g/mol. The Labute approximate surface area is 195 Å². The maximum absolute atomic E-state index is 13.4. The van der Waals surface area contributed by atoms with Crippen molar-refractivity contribution in [2.24, 2.45) is 5.92 Å². The molecule has 2 amide bonds. The van der Waals surface area contributed by atoms with E-state index in [-0.39, 0.29) is 30.9 Å². The highest BCUT2D eigenvalue weighted by Crippen LogP contribution is 2.21. The molecule has 0 spiro atoms. The van der Waals surface area contributed by atoms with Crippen molar-refractivity contribution in [2.75, 3.05) is 13.2 Å². The highest BCUT2D eigenvalue weighted by Gasteiger charge is 2.38. The van der Waals surface area contributed by atoms with Crippen molar-refractivity contribution in [3.05, 3.63) is 71.8 Å². The number of ether oxygens (including phenoxy) is 2. The fourth-order valence-electron chi connectivity index (χ4n) is 3.68. The number of likely N-dealkylation sites (tertiary alicyclic amines) is 1. The summed E-state index contributed by atoms with van der Waals surface area (Å²) in [7, 11) is 0. The molecule has 3 rings (SSSR count). The van der Waals surface area contributed by atoms with Gasteiger partial charge in [-0.25, -0.2) is 4.79 Å². The number of amides is 2. The largest absolute Gasteiger partial charge is 0.459 e. The van der Waals surface area contributed by atoms with Crippen LogP contribution < -0.4 is 5.32 Å². The first kappa shape index (κ1) is 24.5. The fourth-order valence-corrected chi connectivity index (χ4v) is 3.68. The number of nitrogens with one attached hydrogen (secondary N) is 1. The summed E-state index contributed by atoms with van der Waals surface area (Å²) in [5, 5.41) is 2.79. The van der Waals surface area contributed by atoms with Crippen molar-refractivity contribution in [1.29, 1.82) is 0 Å². The van der Waals surface area contributed by atoms with Crippen LogP contribution in [0.3, 0.4) is 0 Å². The van der Waals surface area contributed by atoms with Gasteiger partial charge < -0.3 is 19.7 Å². The van der Waals surface area contributed by atoms with Crippen LogP contribution in [0.15, 0.2) is 60.7 Å². The van der Waals surface area contributed by atoms with Crippen molar-refractivity contribution in [1.82, 2.24) is 10.2 Å². The molecular formula is C26H32N2O5. The fraction of sp³-hybridized carbons (Fsp3) is 0.423. The lowest BCUT2D eigenvalue weighted by atomic mass is 10.1. The average molecular weight is 453 g/mol. The summed E-state index contributed by atoms with van der Waals surface area (Å²) < 4.78 is 11.2. The van der Waals surface area contributed by atoms with Gasteiger partial charge in [-0.15, -0.1) is 0 Å². The molecule has 1 saturated heterocycles. The van der Waals surface area contributed by atoms with E-state index < -0.39 is 18.1 Å². The number of carbonyl (C=O) groups excluding carboxylic acids is 3. The van der Waals surface area contributed by atoms with E-state index in [0.29, 0.717) is 26.0 Å². The minimum atomic E-state index is -0.869. The zero-order valence-electron chi connectivity index (χ0n) is 19.2. The summed E-state index contributed by atoms with van der Waals surface area (Å²) in [6.45, 7) is 4.48. The molecule has 0 aromatic heterocycles. The Morgan fingerprint density at radius 3 is 2.18 bits per heavy atom. The van der Waals surface area contributed by atoms with E-state index in [0.717, 1.165) is 11.1 Å². The van der Waals surface area contributed by atoms with E-state index in [2.05, 4.69) is 5.32 Å². The van der Waals surface area contributed by atoms with Crippen LogP contribution in [0, 0.1) is 5.92 Å². The zero-order chi connectivity index (χ0) is 23.6. The van der Waals surface area contributed by atoms with Crippen LogP contribution in [0.25, 0.3) is 0 Å². The first-order valence-electron chi connectivity index (χ1n) is 11.4. The second kappa shape index (κ2) is 12.2. The molecule has 176 valence electrons. The number of carbonyl (C=O) groups is 3. The number of hydrogen-bond acceptors (Lipinski definition) is 5. The highest BCUT2D eigenvalue weighted by atomic mass is 16.5. The Kier molecular flexibility index (Phi) is 9.01. The Bertz CT molecular complexity index is 917. The van der Waals surface area contributed by atoms with Gasteiger partial charge in [-0.05, 0) is 24.0 Å². The van der Waals surface area contributed by atoms with Gasteiger partial charge in [0.05, 0.1) is 13.2 Å². The van der Waals surface area contributed by atoms with Crippen LogP contribution in [-0.4, -0.2) is 47.9 Å². The molecule has 2 aromatic rings. The van der Waals surface area contributed by atoms with Crippen LogP contribution in [0.1, 0.15) is 37.8 Å². The third-order valence-electron chi connectivity index (χ3n) is 5.57. The zero-order valence-corrected chi connectivity index (χ0v) is 19.2. The van der Waals surface area contributed by atoms with Gasteiger partial charge in [0.1, 0.15) is 18.7 Å². The number of nitrogens with zero attached hydrogens (tertiary/aromatic N) is 1. The molecule has 1 aliphatic rings. The number of hydrogen-bond donors (Lipinski definition) is 1. The summed E-state index contributed by atoms with van der Waals surface area (Å²) in [6.07, 6.45) is 1.24. The minimum Gasteiger partial charge on any atom is -0.459 e. The topological polar surface area (TPSA) is 84.9 Å². The van der Waals surface area contributed by atoms with Crippen LogP contribution in [0.5, 0.6) is 0 Å². The van der Waals surface area contributed by atoms with Crippen LogP contribution in [0.2, 0.25) is 0 Å². The van der Waals surface area contributed by atoms with Gasteiger partial charge in [-0.2, -0.15) is 0 Å². The summed E-state index contributed by atoms with van der Waals surface area (Å²) in [5.41, 5.74) is 1.86. The van der Waals surface area contributed by atoms with Crippen LogP contribution in [0.4, 0.5) is 0 Å². The molecule has 0 aliphatic carbocycles. The molecule has 0 radical (unpaired) electrons. The molecule has 1 heterocycles. The Balaban J connectivity index is 1.63. The number of rotatable bonds is 10. The summed E-state index contributed by atoms with van der Waals surface area (Å²) in [6, 6.07) is 17.5. The van der Waals surface area contributed by atoms with Crippen LogP contribution >= 0.6 is 0 Å². The van der Waals surface area contributed by atoms with Crippen LogP contribution in [-0.2, 0) is 37.1 Å². The smallest absolute Gasteiger partial charge is 0.329 e. The molecular weight excluding hydrogens is 420 g/mol. The normalized spacial score (nSPS) is 16.5. The van der Waals surface area contributed by atoms with Crippen molar-refractivity contribution in [3.63, 3.8) is 0 Å². The molecule has 1 N–H and O–H groups in total. The molecule has 0 bridgehead atoms. The third kappa shape index (κ3) is 7.15. The predicted octanol–water partition coefficient (Wildman–Crippen LogP) is 3.08. The lowest BCUT2D eigenvalue weighted by molar-refractivity contribution is -0.155. The predicted molar refractivity (Wildman–Crippen MR) is 124 cm³/mol. The van der Waals surface area contributed by atoms with Crippen molar-refractivity contribution in [2.45, 2.75) is 52.0 Å². The first-order valence-corrected chi connectivity index (χ1v) is 11.4. The Hall–Kier alpha value is -3.19. The van der Waals surface area contributed by atoms with Gasteiger partial charge in [-0.1, -0.05) is 74.5 Å². The van der Waals surface area contributed by atoms with Gasteiger partial charge >= 0.3 is 5.97 Å². The molecule has 1 aliphatic heterocycles. The standard InChI is InChI=1S/C26H32N2O5/c1-19(2)24(29)27-22(18-32-16-20-10-5-3-6-11-20)25(30)28-15-9-14-23(28)26(31)33-17-21-12-7-4-8-13-21/h3-8,10-13,19,22-23H,9,14-18H2,1-2H3,(H,27,29)/t22-,23-/m0/s1. The maximum atomic E-state index is 13.4. The Morgan fingerprint density at radius 2 is 1.58 bits per heavy atom. The highest BCUT2D eigenvalue weighted by molar-refractivity contribution is 5.91. The SMILES string of the molecule is CC(C)C(=O)N[C@@H](COCc1ccccc1)C(=O)N1CCC[C@H]1C(=O)OCc1ccccc1. The molecule has 2 atom stereocenters. The summed E-state index contributed by atoms with van der Waals surface area (Å²) in [5.74, 6) is -1.27. The summed E-state index contributed by atoms with van der Waals surface area (Å²) >= 11 is 0. The van der Waals surface area contributed by atoms with E-state index in [1.807, 2.05) is 60.7 Å². The third-order valence-corrected chi connectivity index (χ3v) is 5.57. The minimum absolute atomic E-state index is 0.0223. The van der Waals surface area contributed by atoms with Crippen molar-refractivity contribution >= 4 is 17.8 Å². The van der Waals surface area contributed by atoms with Gasteiger partial charge in [0.15, 0.2) is 0 Å². The van der Waals surface area contributed by atoms with Crippen molar-refractivity contribution in [3.8, 4) is 0 Å². The molecule has 0 saturated carbocycles. The van der Waals surface area contributed by atoms with Crippen molar-refractivity contribution < 1.29 is 23.9 Å². The number of esters is 1. The first-order chi connectivity index (χ1) is 16.0. The Morgan fingerprint density at radius 1 is 0.970 bits per heavy atom. The van der Waals surface area contributed by atoms with Gasteiger partial charge in [0.25, 0.3) is 0 Å². The van der Waals surface area contributed by atoms with Gasteiger partial charge in [-0.3, -0.25) is 9.59 Å². The van der Waals surface area contributed by atoms with Gasteiger partial charge in [0.2, 0.25) is 11.8 Å². The van der Waals surface area contributed by atoms with E-state index in [4.69, 9.17) is 9.47 Å². The maximum Gasteiger partial charge on any atom is 0.329 e. The molecule has 1 fully saturated rings.